The SMILES string of the molecule is COC(=O)C(Cc1ccccc1)NC(=O)CCn1ccc2ccccc21. The molecule has 0 spiro atoms. The molecule has 5 nitrogen and oxygen atoms in total. The maximum absolute atomic E-state index is 12.4. The zero-order valence-electron chi connectivity index (χ0n) is 14.7. The lowest BCUT2D eigenvalue weighted by Gasteiger charge is -2.17. The number of rotatable bonds is 7. The van der Waals surface area contributed by atoms with Crippen LogP contribution >= 0.6 is 0 Å². The van der Waals surface area contributed by atoms with Gasteiger partial charge in [-0.1, -0.05) is 48.5 Å². The van der Waals surface area contributed by atoms with Crippen LogP contribution in [0, 0.1) is 0 Å². The number of carbonyl (C=O) groups is 2. The van der Waals surface area contributed by atoms with Crippen molar-refractivity contribution in [3.63, 3.8) is 0 Å². The molecule has 0 fully saturated rings. The second-order valence-corrected chi connectivity index (χ2v) is 6.15. The molecule has 1 heterocycles. The molecule has 3 rings (SSSR count). The topological polar surface area (TPSA) is 60.3 Å². The van der Waals surface area contributed by atoms with Gasteiger partial charge in [0.25, 0.3) is 0 Å². The van der Waals surface area contributed by atoms with Gasteiger partial charge in [0.1, 0.15) is 6.04 Å². The molecule has 3 aromatic rings. The van der Waals surface area contributed by atoms with Gasteiger partial charge in [0, 0.05) is 31.1 Å². The van der Waals surface area contributed by atoms with Crippen LogP contribution in [0.2, 0.25) is 0 Å². The number of aromatic nitrogens is 1. The second kappa shape index (κ2) is 8.34. The number of benzene rings is 2. The highest BCUT2D eigenvalue weighted by molar-refractivity contribution is 5.85. The molecule has 0 bridgehead atoms. The summed E-state index contributed by atoms with van der Waals surface area (Å²) in [7, 11) is 1.33. The molecule has 0 saturated carbocycles. The van der Waals surface area contributed by atoms with E-state index >= 15 is 0 Å². The number of nitrogens with zero attached hydrogens (tertiary/aromatic N) is 1. The lowest BCUT2D eigenvalue weighted by Crippen LogP contribution is -2.43. The first-order chi connectivity index (χ1) is 12.7. The first kappa shape index (κ1) is 17.7. The Morgan fingerprint density at radius 2 is 1.77 bits per heavy atom. The van der Waals surface area contributed by atoms with Crippen LogP contribution in [0.1, 0.15) is 12.0 Å². The molecule has 1 atom stereocenters. The molecule has 2 aromatic carbocycles. The van der Waals surface area contributed by atoms with Crippen LogP contribution in [0.4, 0.5) is 0 Å². The Hall–Kier alpha value is -3.08. The van der Waals surface area contributed by atoms with E-state index in [9.17, 15) is 9.59 Å². The molecule has 1 N–H and O–H groups in total. The van der Waals surface area contributed by atoms with Crippen molar-refractivity contribution in [3.05, 3.63) is 72.4 Å². The first-order valence-corrected chi connectivity index (χ1v) is 8.62. The number of fused-ring (bicyclic) bond motifs is 1. The zero-order chi connectivity index (χ0) is 18.4. The van der Waals surface area contributed by atoms with Crippen LogP contribution < -0.4 is 5.32 Å². The average Bonchev–Trinajstić information content (AvgIpc) is 3.09. The summed E-state index contributed by atoms with van der Waals surface area (Å²) in [6, 6.07) is 19.0. The van der Waals surface area contributed by atoms with Crippen molar-refractivity contribution in [2.24, 2.45) is 0 Å². The summed E-state index contributed by atoms with van der Waals surface area (Å²) in [6.45, 7) is 0.554. The van der Waals surface area contributed by atoms with Gasteiger partial charge in [-0.05, 0) is 23.1 Å². The number of hydrogen-bond donors (Lipinski definition) is 1. The minimum Gasteiger partial charge on any atom is -0.467 e. The van der Waals surface area contributed by atoms with E-state index in [4.69, 9.17) is 4.74 Å². The molecular formula is C21H22N2O3. The Kier molecular flexibility index (Phi) is 5.69. The van der Waals surface area contributed by atoms with Gasteiger partial charge < -0.3 is 14.6 Å². The van der Waals surface area contributed by atoms with Crippen molar-refractivity contribution in [2.75, 3.05) is 7.11 Å². The van der Waals surface area contributed by atoms with Gasteiger partial charge in [-0.2, -0.15) is 0 Å². The molecule has 0 radical (unpaired) electrons. The summed E-state index contributed by atoms with van der Waals surface area (Å²) < 4.78 is 6.88. The number of methoxy groups -OCH3 is 1. The van der Waals surface area contributed by atoms with Crippen LogP contribution in [-0.2, 0) is 27.3 Å². The maximum atomic E-state index is 12.4. The van der Waals surface area contributed by atoms with Gasteiger partial charge in [0.2, 0.25) is 5.91 Å². The van der Waals surface area contributed by atoms with Gasteiger partial charge in [0.15, 0.2) is 0 Å². The quantitative estimate of drug-likeness (QED) is 0.667. The summed E-state index contributed by atoms with van der Waals surface area (Å²) in [5.74, 6) is -0.609. The van der Waals surface area contributed by atoms with Crippen molar-refractivity contribution in [1.29, 1.82) is 0 Å². The molecule has 26 heavy (non-hydrogen) atoms. The van der Waals surface area contributed by atoms with Crippen molar-refractivity contribution in [1.82, 2.24) is 9.88 Å². The molecule has 1 amide bonds. The molecule has 0 aliphatic heterocycles. The van der Waals surface area contributed by atoms with E-state index in [1.165, 1.54) is 7.11 Å². The Labute approximate surface area is 152 Å². The van der Waals surface area contributed by atoms with Crippen molar-refractivity contribution in [2.45, 2.75) is 25.4 Å². The fraction of sp³-hybridized carbons (Fsp3) is 0.238. The number of ether oxygens (including phenoxy) is 1. The van der Waals surface area contributed by atoms with Crippen LogP contribution in [0.25, 0.3) is 10.9 Å². The molecule has 134 valence electrons. The maximum Gasteiger partial charge on any atom is 0.328 e. The first-order valence-electron chi connectivity index (χ1n) is 8.62. The number of hydrogen-bond acceptors (Lipinski definition) is 3. The number of aryl methyl sites for hydroxylation is 1. The number of para-hydroxylation sites is 1. The average molecular weight is 350 g/mol. The second-order valence-electron chi connectivity index (χ2n) is 6.15. The Balaban J connectivity index is 1.61. The van der Waals surface area contributed by atoms with Gasteiger partial charge in [-0.3, -0.25) is 4.79 Å². The van der Waals surface area contributed by atoms with Crippen molar-refractivity contribution >= 4 is 22.8 Å². The van der Waals surface area contributed by atoms with E-state index in [0.717, 1.165) is 16.5 Å². The Bertz CT molecular complexity index is 886. The highest BCUT2D eigenvalue weighted by Crippen LogP contribution is 2.15. The fourth-order valence-electron chi connectivity index (χ4n) is 3.01. The third kappa shape index (κ3) is 4.30. The number of esters is 1. The third-order valence-electron chi connectivity index (χ3n) is 4.36. The number of nitrogens with one attached hydrogen (secondary N) is 1. The van der Waals surface area contributed by atoms with E-state index in [0.29, 0.717) is 19.4 Å². The van der Waals surface area contributed by atoms with Crippen LogP contribution in [0.3, 0.4) is 0 Å². The minimum absolute atomic E-state index is 0.172. The summed E-state index contributed by atoms with van der Waals surface area (Å²) >= 11 is 0. The van der Waals surface area contributed by atoms with E-state index < -0.39 is 12.0 Å². The summed E-state index contributed by atoms with van der Waals surface area (Å²) in [5, 5.41) is 3.94. The fourth-order valence-corrected chi connectivity index (χ4v) is 3.01. The number of amides is 1. The van der Waals surface area contributed by atoms with Gasteiger partial charge in [-0.25, -0.2) is 4.79 Å². The Morgan fingerprint density at radius 3 is 2.54 bits per heavy atom. The van der Waals surface area contributed by atoms with Crippen LogP contribution in [0.5, 0.6) is 0 Å². The molecule has 1 aromatic heterocycles. The number of carbonyl (C=O) groups excluding carboxylic acids is 2. The van der Waals surface area contributed by atoms with Crippen molar-refractivity contribution < 1.29 is 14.3 Å². The van der Waals surface area contributed by atoms with Gasteiger partial charge >= 0.3 is 5.97 Å². The molecule has 1 unspecified atom stereocenters. The minimum atomic E-state index is -0.684. The third-order valence-corrected chi connectivity index (χ3v) is 4.36. The van der Waals surface area contributed by atoms with Crippen LogP contribution in [-0.4, -0.2) is 29.6 Å². The van der Waals surface area contributed by atoms with Gasteiger partial charge in [0.05, 0.1) is 7.11 Å². The van der Waals surface area contributed by atoms with E-state index in [1.807, 2.05) is 71.4 Å². The molecular weight excluding hydrogens is 328 g/mol. The zero-order valence-corrected chi connectivity index (χ0v) is 14.7. The highest BCUT2D eigenvalue weighted by Gasteiger charge is 2.21. The predicted octanol–water partition coefficient (Wildman–Crippen LogP) is 2.93. The normalized spacial score (nSPS) is 11.9. The largest absolute Gasteiger partial charge is 0.467 e. The predicted molar refractivity (Wildman–Crippen MR) is 101 cm³/mol. The van der Waals surface area contributed by atoms with Crippen molar-refractivity contribution in [3.8, 4) is 0 Å². The van der Waals surface area contributed by atoms with Crippen LogP contribution in [0.15, 0.2) is 66.9 Å². The van der Waals surface area contributed by atoms with E-state index in [-0.39, 0.29) is 5.91 Å². The van der Waals surface area contributed by atoms with Gasteiger partial charge in [-0.15, -0.1) is 0 Å². The van der Waals surface area contributed by atoms with E-state index in [1.54, 1.807) is 0 Å². The summed E-state index contributed by atoms with van der Waals surface area (Å²) in [6.07, 6.45) is 2.67. The summed E-state index contributed by atoms with van der Waals surface area (Å²) in [5.41, 5.74) is 2.06. The van der Waals surface area contributed by atoms with E-state index in [2.05, 4.69) is 5.32 Å². The molecule has 0 aliphatic rings. The smallest absolute Gasteiger partial charge is 0.328 e. The summed E-state index contributed by atoms with van der Waals surface area (Å²) in [4.78, 5) is 24.4. The highest BCUT2D eigenvalue weighted by atomic mass is 16.5. The molecule has 0 aliphatic carbocycles. The Morgan fingerprint density at radius 1 is 1.04 bits per heavy atom. The monoisotopic (exact) mass is 350 g/mol. The molecule has 5 heteroatoms. The molecule has 0 saturated heterocycles. The lowest BCUT2D eigenvalue weighted by molar-refractivity contribution is -0.145. The standard InChI is InChI=1S/C21H22N2O3/c1-26-21(25)18(15-16-7-3-2-4-8-16)22-20(24)12-14-23-13-11-17-9-5-6-10-19(17)23/h2-11,13,18H,12,14-15H2,1H3,(H,22,24). The lowest BCUT2D eigenvalue weighted by atomic mass is 10.1.